The molecule has 2 bridgehead atoms. The lowest BCUT2D eigenvalue weighted by atomic mass is 9.54. The van der Waals surface area contributed by atoms with Crippen LogP contribution in [-0.4, -0.2) is 85.7 Å². The van der Waals surface area contributed by atoms with E-state index < -0.39 is 26.8 Å². The molecule has 1 spiro atoms. The molecule has 6 rings (SSSR count). The number of sulfonamides is 1. The van der Waals surface area contributed by atoms with E-state index in [2.05, 4.69) is 47.4 Å². The van der Waals surface area contributed by atoms with Crippen molar-refractivity contribution in [2.24, 2.45) is 17.3 Å². The summed E-state index contributed by atoms with van der Waals surface area (Å²) >= 11 is 6.47. The predicted molar refractivity (Wildman–Crippen MR) is 199 cm³/mol. The van der Waals surface area contributed by atoms with E-state index in [-0.39, 0.29) is 40.9 Å². The lowest BCUT2D eigenvalue weighted by Gasteiger charge is -2.57. The average molecular weight is 728 g/mol. The second kappa shape index (κ2) is 14.1. The van der Waals surface area contributed by atoms with Crippen LogP contribution in [0.15, 0.2) is 48.6 Å². The first kappa shape index (κ1) is 37.1. The van der Waals surface area contributed by atoms with Crippen LogP contribution in [-0.2, 0) is 21.9 Å². The number of amides is 1. The van der Waals surface area contributed by atoms with Gasteiger partial charge in [0.05, 0.1) is 29.8 Å². The molecule has 2 aliphatic carbocycles. The highest BCUT2D eigenvalue weighted by atomic mass is 35.5. The van der Waals surface area contributed by atoms with Crippen LogP contribution in [0.4, 0.5) is 5.69 Å². The molecule has 2 aliphatic heterocycles. The molecule has 9 nitrogen and oxygen atoms in total. The minimum Gasteiger partial charge on any atom is -0.490 e. The Labute approximate surface area is 303 Å². The van der Waals surface area contributed by atoms with Crippen LogP contribution in [0.2, 0.25) is 5.02 Å². The molecule has 0 aromatic heterocycles. The zero-order chi connectivity index (χ0) is 36.1. The fourth-order valence-electron chi connectivity index (χ4n) is 9.01. The van der Waals surface area contributed by atoms with Crippen LogP contribution in [0, 0.1) is 17.3 Å². The third-order valence-corrected chi connectivity index (χ3v) is 14.5. The maximum atomic E-state index is 13.6. The van der Waals surface area contributed by atoms with Crippen molar-refractivity contribution in [1.29, 1.82) is 0 Å². The number of hydrogen-bond acceptors (Lipinski definition) is 8. The van der Waals surface area contributed by atoms with Gasteiger partial charge in [0, 0.05) is 48.2 Å². The van der Waals surface area contributed by atoms with Crippen LogP contribution in [0.1, 0.15) is 88.2 Å². The number of benzene rings is 2. The van der Waals surface area contributed by atoms with E-state index >= 15 is 0 Å². The Morgan fingerprint density at radius 3 is 2.62 bits per heavy atom. The molecule has 0 saturated heterocycles. The molecular formula is C39H54ClN3O6S. The Hall–Kier alpha value is -2.63. The summed E-state index contributed by atoms with van der Waals surface area (Å²) in [5.41, 5.74) is 1.59. The fraction of sp³-hybridized carbons (Fsp3) is 0.615. The van der Waals surface area contributed by atoms with Gasteiger partial charge in [0.25, 0.3) is 5.91 Å². The van der Waals surface area contributed by atoms with Crippen molar-refractivity contribution in [3.63, 3.8) is 0 Å². The fourth-order valence-corrected chi connectivity index (χ4v) is 10.5. The summed E-state index contributed by atoms with van der Waals surface area (Å²) < 4.78 is 36.0. The number of anilines is 1. The van der Waals surface area contributed by atoms with Gasteiger partial charge < -0.3 is 19.8 Å². The highest BCUT2D eigenvalue weighted by Crippen LogP contribution is 2.55. The van der Waals surface area contributed by atoms with Crippen molar-refractivity contribution in [3.05, 3.63) is 70.3 Å². The molecule has 2 aromatic carbocycles. The molecule has 1 fully saturated rings. The average Bonchev–Trinajstić information content (AvgIpc) is 3.19. The molecule has 0 radical (unpaired) electrons. The van der Waals surface area contributed by atoms with Gasteiger partial charge >= 0.3 is 0 Å². The van der Waals surface area contributed by atoms with E-state index in [9.17, 15) is 23.4 Å². The first-order valence-corrected chi connectivity index (χ1v) is 20.1. The second-order valence-electron chi connectivity index (χ2n) is 16.1. The summed E-state index contributed by atoms with van der Waals surface area (Å²) in [5.74, 6) is -0.441. The van der Waals surface area contributed by atoms with Gasteiger partial charge in [-0.1, -0.05) is 43.7 Å². The first-order valence-electron chi connectivity index (χ1n) is 18.2. The van der Waals surface area contributed by atoms with E-state index in [1.54, 1.807) is 25.1 Å². The number of rotatable bonds is 5. The van der Waals surface area contributed by atoms with Crippen LogP contribution in [0.25, 0.3) is 0 Å². The number of nitrogens with zero attached hydrogens (tertiary/aromatic N) is 2. The molecule has 50 heavy (non-hydrogen) atoms. The molecule has 6 atom stereocenters. The van der Waals surface area contributed by atoms with Crippen molar-refractivity contribution >= 4 is 33.2 Å². The molecule has 4 aliphatic rings. The number of carbonyl (C=O) groups is 1. The molecule has 274 valence electrons. The highest BCUT2D eigenvalue weighted by Gasteiger charge is 2.55. The number of halogens is 1. The summed E-state index contributed by atoms with van der Waals surface area (Å²) in [5, 5.41) is 22.5. The standard InChI is InChI=1S/C39H54ClN3O6S/c1-26(2)42(18-19-44)24-39(46)16-6-8-27(3)28(4)50(47,48)41-36(45)30-10-13-34-33(21-30)43(22-37(5)17-14-35(37)39)23-38(25-49-34)15-7-9-29-20-31(40)11-12-32(29)38/h6,10-13,16,20-21,26-28,35,44,46H,7-9,14-15,17-19,22-25H2,1-5H3,(H,41,45)/b16-6+/t27-,28+,35+,37?,38-,39+/m0/s1. The van der Waals surface area contributed by atoms with Gasteiger partial charge in [-0.15, -0.1) is 0 Å². The lowest BCUT2D eigenvalue weighted by molar-refractivity contribution is -0.110. The summed E-state index contributed by atoms with van der Waals surface area (Å²) in [7, 11) is -4.01. The van der Waals surface area contributed by atoms with Gasteiger partial charge in [0.2, 0.25) is 10.0 Å². The van der Waals surface area contributed by atoms with E-state index in [0.29, 0.717) is 50.0 Å². The van der Waals surface area contributed by atoms with Gasteiger partial charge in [-0.3, -0.25) is 9.69 Å². The topological polar surface area (TPSA) is 119 Å². The smallest absolute Gasteiger partial charge is 0.264 e. The number of aliphatic hydroxyl groups is 2. The second-order valence-corrected chi connectivity index (χ2v) is 18.6. The van der Waals surface area contributed by atoms with Crippen molar-refractivity contribution in [2.45, 2.75) is 95.5 Å². The Morgan fingerprint density at radius 2 is 1.92 bits per heavy atom. The van der Waals surface area contributed by atoms with Crippen molar-refractivity contribution in [2.75, 3.05) is 44.3 Å². The predicted octanol–water partition coefficient (Wildman–Crippen LogP) is 5.71. The number of aliphatic hydroxyl groups excluding tert-OH is 1. The minimum absolute atomic E-state index is 0.0142. The van der Waals surface area contributed by atoms with Crippen LogP contribution in [0.5, 0.6) is 5.75 Å². The monoisotopic (exact) mass is 727 g/mol. The van der Waals surface area contributed by atoms with E-state index in [0.717, 1.165) is 37.8 Å². The van der Waals surface area contributed by atoms with Crippen LogP contribution < -0.4 is 14.4 Å². The van der Waals surface area contributed by atoms with Gasteiger partial charge in [0.1, 0.15) is 5.75 Å². The van der Waals surface area contributed by atoms with E-state index in [1.165, 1.54) is 11.1 Å². The van der Waals surface area contributed by atoms with Crippen LogP contribution >= 0.6 is 11.6 Å². The van der Waals surface area contributed by atoms with Gasteiger partial charge in [-0.2, -0.15) is 0 Å². The zero-order valence-corrected chi connectivity index (χ0v) is 31.7. The molecule has 2 aromatic rings. The number of nitrogens with one attached hydrogen (secondary N) is 1. The molecule has 1 saturated carbocycles. The Balaban J connectivity index is 1.48. The SMILES string of the molecule is CC(C)N(CCO)C[C@]1(O)/C=C/C[C@H](C)[C@@H](C)S(=O)(=O)NC(=O)c2ccc3c(c2)N(CC2(C)CC[C@H]21)C[C@@]1(CCCc2cc(Cl)ccc21)CO3. The van der Waals surface area contributed by atoms with Gasteiger partial charge in [-0.05, 0) is 118 Å². The van der Waals surface area contributed by atoms with Crippen molar-refractivity contribution < 1.29 is 28.2 Å². The third kappa shape index (κ3) is 7.07. The molecule has 11 heteroatoms. The number of allylic oxidation sites excluding steroid dienone is 1. The van der Waals surface area contributed by atoms with E-state index in [1.807, 2.05) is 25.1 Å². The number of carbonyl (C=O) groups excluding carboxylic acids is 1. The Kier molecular flexibility index (Phi) is 10.4. The normalized spacial score (nSPS) is 33.1. The zero-order valence-electron chi connectivity index (χ0n) is 30.1. The van der Waals surface area contributed by atoms with E-state index in [4.69, 9.17) is 16.3 Å². The number of fused-ring (bicyclic) bond motifs is 4. The minimum atomic E-state index is -4.01. The molecule has 3 N–H and O–H groups in total. The quantitative estimate of drug-likeness (QED) is 0.336. The van der Waals surface area contributed by atoms with Gasteiger partial charge in [-0.25, -0.2) is 13.1 Å². The number of ether oxygens (including phenoxy) is 1. The molecule has 2 heterocycles. The number of hydrogen-bond donors (Lipinski definition) is 3. The highest BCUT2D eigenvalue weighted by molar-refractivity contribution is 7.90. The number of aryl methyl sites for hydroxylation is 1. The maximum Gasteiger partial charge on any atom is 0.264 e. The van der Waals surface area contributed by atoms with Crippen LogP contribution in [0.3, 0.4) is 0 Å². The Morgan fingerprint density at radius 1 is 1.14 bits per heavy atom. The largest absolute Gasteiger partial charge is 0.490 e. The van der Waals surface area contributed by atoms with Crippen molar-refractivity contribution in [3.8, 4) is 5.75 Å². The molecular weight excluding hydrogens is 674 g/mol. The maximum absolute atomic E-state index is 13.6. The summed E-state index contributed by atoms with van der Waals surface area (Å²) in [6.45, 7) is 12.3. The summed E-state index contributed by atoms with van der Waals surface area (Å²) in [6.07, 6.45) is 8.82. The molecule has 1 unspecified atom stereocenters. The summed E-state index contributed by atoms with van der Waals surface area (Å²) in [6, 6.07) is 11.5. The van der Waals surface area contributed by atoms with Crippen molar-refractivity contribution in [1.82, 2.24) is 9.62 Å². The third-order valence-electron chi connectivity index (χ3n) is 12.3. The summed E-state index contributed by atoms with van der Waals surface area (Å²) in [4.78, 5) is 18.0. The first-order chi connectivity index (χ1) is 23.6. The Bertz CT molecular complexity index is 1730. The lowest BCUT2D eigenvalue weighted by Crippen LogP contribution is -2.61. The van der Waals surface area contributed by atoms with Gasteiger partial charge in [0.15, 0.2) is 0 Å². The molecule has 1 amide bonds.